The highest BCUT2D eigenvalue weighted by atomic mass is 32.1. The first-order valence-electron chi connectivity index (χ1n) is 5.20. The van der Waals surface area contributed by atoms with Gasteiger partial charge in [-0.15, -0.1) is 11.3 Å². The van der Waals surface area contributed by atoms with Crippen LogP contribution in [0, 0.1) is 5.92 Å². The van der Waals surface area contributed by atoms with Crippen LogP contribution < -0.4 is 11.1 Å². The highest BCUT2D eigenvalue weighted by Gasteiger charge is 2.10. The first-order chi connectivity index (χ1) is 6.65. The van der Waals surface area contributed by atoms with Crippen molar-refractivity contribution in [3.63, 3.8) is 0 Å². The molecule has 0 aromatic carbocycles. The molecule has 0 fully saturated rings. The molecule has 80 valence electrons. The van der Waals surface area contributed by atoms with Crippen molar-refractivity contribution in [2.75, 3.05) is 5.73 Å². The van der Waals surface area contributed by atoms with E-state index in [1.54, 1.807) is 11.3 Å². The summed E-state index contributed by atoms with van der Waals surface area (Å²) >= 11 is 1.72. The largest absolute Gasteiger partial charge is 0.398 e. The zero-order chi connectivity index (χ0) is 10.6. The molecule has 0 aliphatic heterocycles. The molecule has 2 unspecified atom stereocenters. The molecule has 0 aliphatic rings. The van der Waals surface area contributed by atoms with Crippen LogP contribution in [0.4, 0.5) is 5.69 Å². The summed E-state index contributed by atoms with van der Waals surface area (Å²) in [5.41, 5.74) is 6.72. The standard InChI is InChI=1S/C11H20N2S/c1-4-8(2)9(3)13-7-11-10(12)5-6-14-11/h5-6,8-9,13H,4,7,12H2,1-3H3. The van der Waals surface area contributed by atoms with Gasteiger partial charge in [-0.05, 0) is 24.3 Å². The summed E-state index contributed by atoms with van der Waals surface area (Å²) in [4.78, 5) is 1.25. The predicted octanol–water partition coefficient (Wildman–Crippen LogP) is 2.85. The molecule has 0 aliphatic carbocycles. The Morgan fingerprint density at radius 1 is 1.50 bits per heavy atom. The zero-order valence-electron chi connectivity index (χ0n) is 9.21. The summed E-state index contributed by atoms with van der Waals surface area (Å²) < 4.78 is 0. The first kappa shape index (κ1) is 11.5. The number of hydrogen-bond acceptors (Lipinski definition) is 3. The smallest absolute Gasteiger partial charge is 0.0468 e. The third-order valence-electron chi connectivity index (χ3n) is 2.86. The Morgan fingerprint density at radius 2 is 2.21 bits per heavy atom. The van der Waals surface area contributed by atoms with E-state index in [1.165, 1.54) is 11.3 Å². The molecule has 0 saturated carbocycles. The second-order valence-electron chi connectivity index (χ2n) is 3.85. The summed E-state index contributed by atoms with van der Waals surface area (Å²) in [5.74, 6) is 0.719. The molecule has 0 bridgehead atoms. The topological polar surface area (TPSA) is 38.0 Å². The Balaban J connectivity index is 2.37. The van der Waals surface area contributed by atoms with E-state index >= 15 is 0 Å². The summed E-state index contributed by atoms with van der Waals surface area (Å²) in [5, 5.41) is 5.55. The van der Waals surface area contributed by atoms with Gasteiger partial charge in [-0.3, -0.25) is 0 Å². The second kappa shape index (κ2) is 5.37. The van der Waals surface area contributed by atoms with Gasteiger partial charge >= 0.3 is 0 Å². The predicted molar refractivity (Wildman–Crippen MR) is 64.5 cm³/mol. The lowest BCUT2D eigenvalue weighted by Gasteiger charge is -2.19. The van der Waals surface area contributed by atoms with E-state index in [-0.39, 0.29) is 0 Å². The molecule has 0 saturated heterocycles. The summed E-state index contributed by atoms with van der Waals surface area (Å²) in [6, 6.07) is 2.52. The molecule has 0 radical (unpaired) electrons. The first-order valence-corrected chi connectivity index (χ1v) is 6.08. The number of nitrogen functional groups attached to an aromatic ring is 1. The number of hydrogen-bond donors (Lipinski definition) is 2. The molecule has 14 heavy (non-hydrogen) atoms. The van der Waals surface area contributed by atoms with Crippen LogP contribution in [0.2, 0.25) is 0 Å². The van der Waals surface area contributed by atoms with Crippen molar-refractivity contribution >= 4 is 17.0 Å². The van der Waals surface area contributed by atoms with Crippen molar-refractivity contribution in [3.05, 3.63) is 16.3 Å². The third-order valence-corrected chi connectivity index (χ3v) is 3.80. The number of nitrogens with two attached hydrogens (primary N) is 1. The van der Waals surface area contributed by atoms with Crippen molar-refractivity contribution < 1.29 is 0 Å². The highest BCUT2D eigenvalue weighted by Crippen LogP contribution is 2.19. The number of rotatable bonds is 5. The fourth-order valence-electron chi connectivity index (χ4n) is 1.30. The van der Waals surface area contributed by atoms with Gasteiger partial charge in [0.15, 0.2) is 0 Å². The van der Waals surface area contributed by atoms with E-state index in [4.69, 9.17) is 5.73 Å². The van der Waals surface area contributed by atoms with Gasteiger partial charge in [0.05, 0.1) is 0 Å². The Hall–Kier alpha value is -0.540. The Labute approximate surface area is 90.5 Å². The maximum absolute atomic E-state index is 5.81. The van der Waals surface area contributed by atoms with Crippen molar-refractivity contribution in [1.82, 2.24) is 5.32 Å². The molecule has 0 amide bonds. The molecule has 2 atom stereocenters. The lowest BCUT2D eigenvalue weighted by atomic mass is 10.0. The number of nitrogens with one attached hydrogen (secondary N) is 1. The highest BCUT2D eigenvalue weighted by molar-refractivity contribution is 7.10. The van der Waals surface area contributed by atoms with E-state index in [0.29, 0.717) is 6.04 Å². The number of anilines is 1. The Bertz CT molecular complexity index is 270. The van der Waals surface area contributed by atoms with Gasteiger partial charge < -0.3 is 11.1 Å². The fraction of sp³-hybridized carbons (Fsp3) is 0.636. The van der Waals surface area contributed by atoms with Gasteiger partial charge in [-0.25, -0.2) is 0 Å². The molecule has 1 heterocycles. The lowest BCUT2D eigenvalue weighted by molar-refractivity contribution is 0.391. The lowest BCUT2D eigenvalue weighted by Crippen LogP contribution is -2.31. The molecule has 1 aromatic rings. The quantitative estimate of drug-likeness (QED) is 0.787. The summed E-state index contributed by atoms with van der Waals surface area (Å²) in [6.07, 6.45) is 1.22. The minimum atomic E-state index is 0.557. The van der Waals surface area contributed by atoms with Crippen molar-refractivity contribution in [3.8, 4) is 0 Å². The minimum absolute atomic E-state index is 0.557. The maximum Gasteiger partial charge on any atom is 0.0468 e. The SMILES string of the molecule is CCC(C)C(C)NCc1sccc1N. The normalized spacial score (nSPS) is 15.4. The maximum atomic E-state index is 5.81. The fourth-order valence-corrected chi connectivity index (χ4v) is 2.05. The van der Waals surface area contributed by atoms with Crippen LogP contribution in [0.15, 0.2) is 11.4 Å². The second-order valence-corrected chi connectivity index (χ2v) is 4.85. The third kappa shape index (κ3) is 3.00. The Morgan fingerprint density at radius 3 is 2.71 bits per heavy atom. The van der Waals surface area contributed by atoms with Gasteiger partial charge in [0, 0.05) is 23.2 Å². The van der Waals surface area contributed by atoms with E-state index < -0.39 is 0 Å². The van der Waals surface area contributed by atoms with Gasteiger partial charge in [0.25, 0.3) is 0 Å². The van der Waals surface area contributed by atoms with Crippen LogP contribution in [0.25, 0.3) is 0 Å². The minimum Gasteiger partial charge on any atom is -0.398 e. The zero-order valence-corrected chi connectivity index (χ0v) is 10.0. The van der Waals surface area contributed by atoms with Gasteiger partial charge in [-0.2, -0.15) is 0 Å². The Kier molecular flexibility index (Phi) is 4.42. The van der Waals surface area contributed by atoms with Gasteiger partial charge in [0.2, 0.25) is 0 Å². The molecule has 1 aromatic heterocycles. The average Bonchev–Trinajstić information content (AvgIpc) is 2.59. The summed E-state index contributed by atoms with van der Waals surface area (Å²) in [6.45, 7) is 7.63. The van der Waals surface area contributed by atoms with E-state index in [1.807, 2.05) is 11.4 Å². The van der Waals surface area contributed by atoms with Crippen molar-refractivity contribution in [2.45, 2.75) is 39.8 Å². The summed E-state index contributed by atoms with van der Waals surface area (Å²) in [7, 11) is 0. The average molecular weight is 212 g/mol. The molecular formula is C11H20N2S. The molecule has 3 N–H and O–H groups in total. The molecule has 1 rings (SSSR count). The van der Waals surface area contributed by atoms with Crippen LogP contribution in [0.5, 0.6) is 0 Å². The van der Waals surface area contributed by atoms with Crippen LogP contribution in [0.3, 0.4) is 0 Å². The van der Waals surface area contributed by atoms with Crippen molar-refractivity contribution in [2.24, 2.45) is 5.92 Å². The van der Waals surface area contributed by atoms with Gasteiger partial charge in [0.1, 0.15) is 0 Å². The van der Waals surface area contributed by atoms with Crippen LogP contribution in [-0.2, 0) is 6.54 Å². The number of thiophene rings is 1. The molecule has 0 spiro atoms. The molecular weight excluding hydrogens is 192 g/mol. The van der Waals surface area contributed by atoms with Gasteiger partial charge in [-0.1, -0.05) is 20.3 Å². The molecule has 2 nitrogen and oxygen atoms in total. The van der Waals surface area contributed by atoms with Crippen LogP contribution in [-0.4, -0.2) is 6.04 Å². The van der Waals surface area contributed by atoms with Crippen LogP contribution in [0.1, 0.15) is 32.1 Å². The van der Waals surface area contributed by atoms with Crippen molar-refractivity contribution in [1.29, 1.82) is 0 Å². The van der Waals surface area contributed by atoms with E-state index in [0.717, 1.165) is 18.2 Å². The van der Waals surface area contributed by atoms with E-state index in [2.05, 4.69) is 26.1 Å². The molecule has 3 heteroatoms. The van der Waals surface area contributed by atoms with E-state index in [9.17, 15) is 0 Å². The van der Waals surface area contributed by atoms with Crippen LogP contribution >= 0.6 is 11.3 Å². The monoisotopic (exact) mass is 212 g/mol.